The van der Waals surface area contributed by atoms with Crippen molar-refractivity contribution in [3.63, 3.8) is 0 Å². The van der Waals surface area contributed by atoms with Crippen LogP contribution in [0.3, 0.4) is 0 Å². The summed E-state index contributed by atoms with van der Waals surface area (Å²) in [5.41, 5.74) is 2.00. The zero-order valence-electron chi connectivity index (χ0n) is 21.4. The summed E-state index contributed by atoms with van der Waals surface area (Å²) < 4.78 is 39.6. The zero-order valence-corrected chi connectivity index (χ0v) is 21.4. The number of halogens is 3. The van der Waals surface area contributed by atoms with Gasteiger partial charge in [-0.2, -0.15) is 13.2 Å². The maximum Gasteiger partial charge on any atom is 0.416 e. The topological polar surface area (TPSA) is 55.9 Å². The lowest BCUT2D eigenvalue weighted by atomic mass is 9.93. The van der Waals surface area contributed by atoms with E-state index in [0.29, 0.717) is 26.1 Å². The van der Waals surface area contributed by atoms with Crippen molar-refractivity contribution >= 4 is 17.6 Å². The van der Waals surface area contributed by atoms with Crippen LogP contribution in [0.1, 0.15) is 22.3 Å². The smallest absolute Gasteiger partial charge is 0.335 e. The lowest BCUT2D eigenvalue weighted by Gasteiger charge is -2.39. The van der Waals surface area contributed by atoms with Crippen LogP contribution in [0.5, 0.6) is 0 Å². The van der Waals surface area contributed by atoms with Gasteiger partial charge in [-0.1, -0.05) is 60.7 Å². The molecule has 1 atom stereocenters. The number of amides is 3. The van der Waals surface area contributed by atoms with E-state index in [1.165, 1.54) is 17.0 Å². The molecule has 6 nitrogen and oxygen atoms in total. The third-order valence-electron chi connectivity index (χ3n) is 6.58. The standard InChI is InChI=1S/C29H31F3N4O2/c1-34(2)15-16-35(19-21-9-4-3-5-10-21)27(37)26-17-22-11-6-7-12-23(22)20-36(26)28(38)33-25-14-8-13-24(18-25)29(30,31)32/h3-14,18,26H,15-17,19-20H2,1-2H3,(H,33,38). The number of likely N-dealkylation sites (N-methyl/N-ethyl adjacent to an activating group) is 1. The van der Waals surface area contributed by atoms with Crippen molar-refractivity contribution in [3.05, 3.63) is 101 Å². The normalized spacial score (nSPS) is 15.2. The van der Waals surface area contributed by atoms with Gasteiger partial charge < -0.3 is 20.0 Å². The number of anilines is 1. The maximum atomic E-state index is 14.0. The Hall–Kier alpha value is -3.85. The van der Waals surface area contributed by atoms with Gasteiger partial charge in [0.05, 0.1) is 5.56 Å². The van der Waals surface area contributed by atoms with Gasteiger partial charge >= 0.3 is 12.2 Å². The predicted octanol–water partition coefficient (Wildman–Crippen LogP) is 5.25. The first-order valence-corrected chi connectivity index (χ1v) is 12.4. The van der Waals surface area contributed by atoms with Crippen molar-refractivity contribution < 1.29 is 22.8 Å². The molecule has 0 fully saturated rings. The van der Waals surface area contributed by atoms with Gasteiger partial charge in [0.15, 0.2) is 0 Å². The highest BCUT2D eigenvalue weighted by Gasteiger charge is 2.37. The minimum Gasteiger partial charge on any atom is -0.335 e. The Morgan fingerprint density at radius 2 is 1.61 bits per heavy atom. The quantitative estimate of drug-likeness (QED) is 0.459. The van der Waals surface area contributed by atoms with E-state index in [9.17, 15) is 22.8 Å². The summed E-state index contributed by atoms with van der Waals surface area (Å²) in [6, 6.07) is 20.3. The average molecular weight is 525 g/mol. The van der Waals surface area contributed by atoms with Gasteiger partial charge in [0.2, 0.25) is 5.91 Å². The van der Waals surface area contributed by atoms with Crippen LogP contribution in [0.4, 0.5) is 23.7 Å². The molecule has 0 radical (unpaired) electrons. The Labute approximate surface area is 220 Å². The first-order chi connectivity index (χ1) is 18.1. The fourth-order valence-electron chi connectivity index (χ4n) is 4.53. The van der Waals surface area contributed by atoms with Gasteiger partial charge in [-0.3, -0.25) is 4.79 Å². The number of rotatable bonds is 7. The Kier molecular flexibility index (Phi) is 8.36. The number of hydrogen-bond donors (Lipinski definition) is 1. The number of nitrogens with one attached hydrogen (secondary N) is 1. The van der Waals surface area contributed by atoms with Crippen molar-refractivity contribution in [3.8, 4) is 0 Å². The summed E-state index contributed by atoms with van der Waals surface area (Å²) in [6.07, 6.45) is -4.22. The summed E-state index contributed by atoms with van der Waals surface area (Å²) in [4.78, 5) is 32.6. The molecule has 1 aliphatic rings. The van der Waals surface area contributed by atoms with E-state index in [1.807, 2.05) is 73.6 Å². The molecule has 38 heavy (non-hydrogen) atoms. The van der Waals surface area contributed by atoms with E-state index in [-0.39, 0.29) is 18.1 Å². The Bertz CT molecular complexity index is 1260. The SMILES string of the molecule is CN(C)CCN(Cc1ccccc1)C(=O)C1Cc2ccccc2CN1C(=O)Nc1cccc(C(F)(F)F)c1. The molecule has 0 saturated carbocycles. The van der Waals surface area contributed by atoms with Crippen molar-refractivity contribution in [1.29, 1.82) is 0 Å². The largest absolute Gasteiger partial charge is 0.416 e. The maximum absolute atomic E-state index is 14.0. The van der Waals surface area contributed by atoms with Crippen molar-refractivity contribution in [2.24, 2.45) is 0 Å². The highest BCUT2D eigenvalue weighted by molar-refractivity contribution is 5.94. The average Bonchev–Trinajstić information content (AvgIpc) is 2.90. The summed E-state index contributed by atoms with van der Waals surface area (Å²) >= 11 is 0. The fourth-order valence-corrected chi connectivity index (χ4v) is 4.53. The Morgan fingerprint density at radius 3 is 2.29 bits per heavy atom. The number of fused-ring (bicyclic) bond motifs is 1. The van der Waals surface area contributed by atoms with Gasteiger partial charge in [-0.05, 0) is 49.0 Å². The van der Waals surface area contributed by atoms with Gasteiger partial charge in [0.1, 0.15) is 6.04 Å². The van der Waals surface area contributed by atoms with Gasteiger partial charge in [0, 0.05) is 38.3 Å². The van der Waals surface area contributed by atoms with E-state index >= 15 is 0 Å². The van der Waals surface area contributed by atoms with Crippen LogP contribution < -0.4 is 5.32 Å². The molecule has 1 N–H and O–H groups in total. The molecule has 0 aromatic heterocycles. The van der Waals surface area contributed by atoms with Crippen LogP contribution in [-0.4, -0.2) is 59.9 Å². The van der Waals surface area contributed by atoms with Crippen molar-refractivity contribution in [2.75, 3.05) is 32.5 Å². The third kappa shape index (κ3) is 6.72. The van der Waals surface area contributed by atoms with E-state index in [0.717, 1.165) is 28.8 Å². The summed E-state index contributed by atoms with van der Waals surface area (Å²) in [6.45, 7) is 1.65. The monoisotopic (exact) mass is 524 g/mol. The summed E-state index contributed by atoms with van der Waals surface area (Å²) in [7, 11) is 3.85. The Morgan fingerprint density at radius 1 is 0.921 bits per heavy atom. The second-order valence-corrected chi connectivity index (χ2v) is 9.67. The van der Waals surface area contributed by atoms with Crippen LogP contribution >= 0.6 is 0 Å². The minimum absolute atomic E-state index is 0.0173. The van der Waals surface area contributed by atoms with E-state index in [4.69, 9.17) is 0 Å². The fraction of sp³-hybridized carbons (Fsp3) is 0.310. The first-order valence-electron chi connectivity index (χ1n) is 12.4. The minimum atomic E-state index is -4.53. The molecule has 1 heterocycles. The van der Waals surface area contributed by atoms with Crippen LogP contribution in [-0.2, 0) is 30.5 Å². The molecule has 3 amide bonds. The molecule has 4 rings (SSSR count). The number of hydrogen-bond acceptors (Lipinski definition) is 3. The molecule has 3 aromatic carbocycles. The predicted molar refractivity (Wildman–Crippen MR) is 140 cm³/mol. The lowest BCUT2D eigenvalue weighted by Crippen LogP contribution is -2.55. The number of carbonyl (C=O) groups is 2. The highest BCUT2D eigenvalue weighted by Crippen LogP contribution is 2.31. The second-order valence-electron chi connectivity index (χ2n) is 9.67. The first kappa shape index (κ1) is 27.2. The number of benzene rings is 3. The summed E-state index contributed by atoms with van der Waals surface area (Å²) in [5, 5.41) is 2.59. The summed E-state index contributed by atoms with van der Waals surface area (Å²) in [5.74, 6) is -0.204. The second kappa shape index (κ2) is 11.7. The van der Waals surface area contributed by atoms with Gasteiger partial charge in [-0.25, -0.2) is 4.79 Å². The van der Waals surface area contributed by atoms with E-state index in [1.54, 1.807) is 4.90 Å². The highest BCUT2D eigenvalue weighted by atomic mass is 19.4. The zero-order chi connectivity index (χ0) is 27.3. The van der Waals surface area contributed by atoms with Crippen LogP contribution in [0, 0.1) is 0 Å². The van der Waals surface area contributed by atoms with E-state index in [2.05, 4.69) is 5.32 Å². The van der Waals surface area contributed by atoms with Crippen LogP contribution in [0.25, 0.3) is 0 Å². The van der Waals surface area contributed by atoms with Gasteiger partial charge in [0.25, 0.3) is 0 Å². The lowest BCUT2D eigenvalue weighted by molar-refractivity contribution is -0.138. The third-order valence-corrected chi connectivity index (χ3v) is 6.58. The number of urea groups is 1. The number of carbonyl (C=O) groups excluding carboxylic acids is 2. The van der Waals surface area contributed by atoms with Crippen LogP contribution in [0.15, 0.2) is 78.9 Å². The molecular formula is C29H31F3N4O2. The molecule has 1 unspecified atom stereocenters. The molecule has 9 heteroatoms. The molecule has 0 saturated heterocycles. The molecule has 0 spiro atoms. The van der Waals surface area contributed by atoms with Gasteiger partial charge in [-0.15, -0.1) is 0 Å². The van der Waals surface area contributed by atoms with Crippen molar-refractivity contribution in [2.45, 2.75) is 31.7 Å². The molecule has 200 valence electrons. The van der Waals surface area contributed by atoms with Crippen molar-refractivity contribution in [1.82, 2.24) is 14.7 Å². The molecular weight excluding hydrogens is 493 g/mol. The van der Waals surface area contributed by atoms with Crippen LogP contribution in [0.2, 0.25) is 0 Å². The number of alkyl halides is 3. The Balaban J connectivity index is 1.62. The van der Waals surface area contributed by atoms with E-state index < -0.39 is 23.8 Å². The molecule has 0 aliphatic carbocycles. The molecule has 3 aromatic rings. The molecule has 1 aliphatic heterocycles. The number of nitrogens with zero attached hydrogens (tertiary/aromatic N) is 3. The molecule has 0 bridgehead atoms.